The van der Waals surface area contributed by atoms with Crippen molar-refractivity contribution in [3.05, 3.63) is 47.5 Å². The Morgan fingerprint density at radius 3 is 2.84 bits per heavy atom. The van der Waals surface area contributed by atoms with Gasteiger partial charge < -0.3 is 10.1 Å². The highest BCUT2D eigenvalue weighted by molar-refractivity contribution is 5.29. The van der Waals surface area contributed by atoms with E-state index in [1.807, 2.05) is 25.5 Å². The van der Waals surface area contributed by atoms with Crippen molar-refractivity contribution in [2.24, 2.45) is 7.05 Å². The first-order valence-electron chi connectivity index (χ1n) is 6.19. The van der Waals surface area contributed by atoms with Gasteiger partial charge in [0.15, 0.2) is 11.6 Å². The summed E-state index contributed by atoms with van der Waals surface area (Å²) in [6.07, 6.45) is 4.76. The van der Waals surface area contributed by atoms with E-state index in [1.54, 1.807) is 10.7 Å². The number of aryl methyl sites for hydroxylation is 1. The zero-order valence-electron chi connectivity index (χ0n) is 11.2. The Hall–Kier alpha value is -1.88. The lowest BCUT2D eigenvalue weighted by Gasteiger charge is -2.06. The molecule has 102 valence electrons. The molecule has 0 fully saturated rings. The molecule has 0 aliphatic carbocycles. The second-order valence-corrected chi connectivity index (χ2v) is 4.42. The molecule has 1 N–H and O–H groups in total. The van der Waals surface area contributed by atoms with Gasteiger partial charge in [-0.3, -0.25) is 4.68 Å². The fourth-order valence-electron chi connectivity index (χ4n) is 1.89. The van der Waals surface area contributed by atoms with Crippen LogP contribution in [0.2, 0.25) is 0 Å². The van der Waals surface area contributed by atoms with E-state index in [0.717, 1.165) is 18.5 Å². The molecule has 0 saturated carbocycles. The number of benzene rings is 1. The summed E-state index contributed by atoms with van der Waals surface area (Å²) in [6.45, 7) is 1.47. The molecule has 0 unspecified atom stereocenters. The third-order valence-corrected chi connectivity index (χ3v) is 2.89. The summed E-state index contributed by atoms with van der Waals surface area (Å²) in [5, 5.41) is 7.39. The van der Waals surface area contributed by atoms with E-state index >= 15 is 0 Å². The van der Waals surface area contributed by atoms with Gasteiger partial charge in [0.05, 0.1) is 13.3 Å². The quantitative estimate of drug-likeness (QED) is 0.809. The first-order valence-corrected chi connectivity index (χ1v) is 6.19. The Bertz CT molecular complexity index is 539. The smallest absolute Gasteiger partial charge is 0.165 e. The van der Waals surface area contributed by atoms with E-state index in [9.17, 15) is 4.39 Å². The maximum atomic E-state index is 13.5. The van der Waals surface area contributed by atoms with Crippen LogP contribution in [0.5, 0.6) is 5.75 Å². The van der Waals surface area contributed by atoms with Gasteiger partial charge in [-0.15, -0.1) is 0 Å². The minimum atomic E-state index is -0.325. The van der Waals surface area contributed by atoms with E-state index in [-0.39, 0.29) is 11.6 Å². The van der Waals surface area contributed by atoms with Crippen LogP contribution >= 0.6 is 0 Å². The fraction of sp³-hybridized carbons (Fsp3) is 0.357. The number of aromatic nitrogens is 2. The van der Waals surface area contributed by atoms with Crippen LogP contribution < -0.4 is 10.1 Å². The summed E-state index contributed by atoms with van der Waals surface area (Å²) in [4.78, 5) is 0. The van der Waals surface area contributed by atoms with E-state index in [0.29, 0.717) is 6.54 Å². The van der Waals surface area contributed by atoms with E-state index in [2.05, 4.69) is 10.4 Å². The third-order valence-electron chi connectivity index (χ3n) is 2.89. The fourth-order valence-corrected chi connectivity index (χ4v) is 1.89. The van der Waals surface area contributed by atoms with Crippen molar-refractivity contribution < 1.29 is 9.13 Å². The molecule has 0 atom stereocenters. The molecule has 1 aromatic carbocycles. The Balaban J connectivity index is 1.78. The normalized spacial score (nSPS) is 10.7. The highest BCUT2D eigenvalue weighted by Crippen LogP contribution is 2.17. The Kier molecular flexibility index (Phi) is 4.52. The van der Waals surface area contributed by atoms with Crippen molar-refractivity contribution >= 4 is 0 Å². The van der Waals surface area contributed by atoms with Gasteiger partial charge in [0.1, 0.15) is 0 Å². The molecule has 19 heavy (non-hydrogen) atoms. The lowest BCUT2D eigenvalue weighted by molar-refractivity contribution is 0.386. The Labute approximate surface area is 112 Å². The van der Waals surface area contributed by atoms with Crippen molar-refractivity contribution in [1.82, 2.24) is 15.1 Å². The number of nitrogens with zero attached hydrogens (tertiary/aromatic N) is 2. The van der Waals surface area contributed by atoms with Crippen LogP contribution in [0.4, 0.5) is 4.39 Å². The van der Waals surface area contributed by atoms with Gasteiger partial charge in [-0.2, -0.15) is 5.10 Å². The van der Waals surface area contributed by atoms with Gasteiger partial charge in [-0.1, -0.05) is 6.07 Å². The minimum Gasteiger partial charge on any atom is -0.494 e. The number of halogens is 1. The maximum Gasteiger partial charge on any atom is 0.165 e. The number of hydrogen-bond donors (Lipinski definition) is 1. The van der Waals surface area contributed by atoms with E-state index < -0.39 is 0 Å². The van der Waals surface area contributed by atoms with Crippen molar-refractivity contribution in [3.63, 3.8) is 0 Å². The summed E-state index contributed by atoms with van der Waals surface area (Å²) in [5.74, 6) is -0.0480. The first kappa shape index (κ1) is 13.5. The second kappa shape index (κ2) is 6.33. The first-order chi connectivity index (χ1) is 9.19. The standard InChI is InChI=1S/C14H18FN3O/c1-18-10-12(9-17-18)5-6-16-8-11-3-4-14(19-2)13(15)7-11/h3-4,7,9-10,16H,5-6,8H2,1-2H3. The molecule has 2 rings (SSSR count). The predicted octanol–water partition coefficient (Wildman–Crippen LogP) is 1.90. The zero-order valence-corrected chi connectivity index (χ0v) is 11.2. The Morgan fingerprint density at radius 1 is 1.37 bits per heavy atom. The zero-order chi connectivity index (χ0) is 13.7. The second-order valence-electron chi connectivity index (χ2n) is 4.42. The average Bonchev–Trinajstić information content (AvgIpc) is 2.81. The van der Waals surface area contributed by atoms with E-state index in [1.165, 1.54) is 18.7 Å². The van der Waals surface area contributed by atoms with Gasteiger partial charge in [0.2, 0.25) is 0 Å². The molecule has 0 bridgehead atoms. The van der Waals surface area contributed by atoms with Gasteiger partial charge >= 0.3 is 0 Å². The summed E-state index contributed by atoms with van der Waals surface area (Å²) in [5.41, 5.74) is 2.10. The summed E-state index contributed by atoms with van der Waals surface area (Å²) in [7, 11) is 3.36. The van der Waals surface area contributed by atoms with E-state index in [4.69, 9.17) is 4.74 Å². The monoisotopic (exact) mass is 263 g/mol. The SMILES string of the molecule is COc1ccc(CNCCc2cnn(C)c2)cc1F. The molecule has 0 aliphatic rings. The van der Waals surface area contributed by atoms with Crippen molar-refractivity contribution in [1.29, 1.82) is 0 Å². The van der Waals surface area contributed by atoms with Crippen LogP contribution in [0, 0.1) is 5.82 Å². The number of nitrogens with one attached hydrogen (secondary N) is 1. The lowest BCUT2D eigenvalue weighted by atomic mass is 10.2. The molecule has 0 amide bonds. The molecule has 0 saturated heterocycles. The van der Waals surface area contributed by atoms with Crippen LogP contribution in [0.1, 0.15) is 11.1 Å². The third kappa shape index (κ3) is 3.79. The summed E-state index contributed by atoms with van der Waals surface area (Å²) in [6, 6.07) is 5.00. The molecular weight excluding hydrogens is 245 g/mol. The molecule has 0 spiro atoms. The maximum absolute atomic E-state index is 13.5. The van der Waals surface area contributed by atoms with Crippen LogP contribution in [-0.2, 0) is 20.0 Å². The number of hydrogen-bond acceptors (Lipinski definition) is 3. The van der Waals surface area contributed by atoms with Crippen LogP contribution in [-0.4, -0.2) is 23.4 Å². The Morgan fingerprint density at radius 2 is 2.21 bits per heavy atom. The molecule has 5 heteroatoms. The van der Waals surface area contributed by atoms with Crippen molar-refractivity contribution in [2.75, 3.05) is 13.7 Å². The number of methoxy groups -OCH3 is 1. The van der Waals surface area contributed by atoms with Crippen LogP contribution in [0.15, 0.2) is 30.6 Å². The van der Waals surface area contributed by atoms with Crippen LogP contribution in [0.3, 0.4) is 0 Å². The lowest BCUT2D eigenvalue weighted by Crippen LogP contribution is -2.16. The molecule has 0 radical (unpaired) electrons. The highest BCUT2D eigenvalue weighted by Gasteiger charge is 2.03. The van der Waals surface area contributed by atoms with Gasteiger partial charge in [-0.25, -0.2) is 4.39 Å². The summed E-state index contributed by atoms with van der Waals surface area (Å²) < 4.78 is 20.1. The molecule has 4 nitrogen and oxygen atoms in total. The molecule has 2 aromatic rings. The van der Waals surface area contributed by atoms with Crippen molar-refractivity contribution in [2.45, 2.75) is 13.0 Å². The van der Waals surface area contributed by atoms with Gasteiger partial charge in [0, 0.05) is 19.8 Å². The summed E-state index contributed by atoms with van der Waals surface area (Å²) >= 11 is 0. The average molecular weight is 263 g/mol. The molecule has 0 aliphatic heterocycles. The largest absolute Gasteiger partial charge is 0.494 e. The molecular formula is C14H18FN3O. The number of ether oxygens (including phenoxy) is 1. The topological polar surface area (TPSA) is 39.1 Å². The van der Waals surface area contributed by atoms with Gasteiger partial charge in [-0.05, 0) is 36.2 Å². The minimum absolute atomic E-state index is 0.277. The molecule has 1 aromatic heterocycles. The van der Waals surface area contributed by atoms with Crippen molar-refractivity contribution in [3.8, 4) is 5.75 Å². The highest BCUT2D eigenvalue weighted by atomic mass is 19.1. The number of rotatable bonds is 6. The van der Waals surface area contributed by atoms with Crippen LogP contribution in [0.25, 0.3) is 0 Å². The predicted molar refractivity (Wildman–Crippen MR) is 71.6 cm³/mol. The molecule has 1 heterocycles. The van der Waals surface area contributed by atoms with Gasteiger partial charge in [0.25, 0.3) is 0 Å².